The zero-order valence-electron chi connectivity index (χ0n) is 17.0. The molecule has 2 aromatic carbocycles. The van der Waals surface area contributed by atoms with E-state index in [4.69, 9.17) is 14.2 Å². The molecule has 7 nitrogen and oxygen atoms in total. The molecule has 1 atom stereocenters. The van der Waals surface area contributed by atoms with Crippen molar-refractivity contribution in [1.82, 2.24) is 5.32 Å². The number of carbonyl (C=O) groups excluding carboxylic acids is 2. The summed E-state index contributed by atoms with van der Waals surface area (Å²) in [5, 5.41) is 2.56. The number of hydrogen-bond donors (Lipinski definition) is 1. The number of rotatable bonds is 7. The molecule has 0 saturated carbocycles. The van der Waals surface area contributed by atoms with E-state index >= 15 is 0 Å². The number of nitrogens with zero attached hydrogens (tertiary/aromatic N) is 1. The maximum absolute atomic E-state index is 12.9. The van der Waals surface area contributed by atoms with E-state index in [0.717, 1.165) is 5.56 Å². The van der Waals surface area contributed by atoms with Gasteiger partial charge in [-0.25, -0.2) is 0 Å². The Morgan fingerprint density at radius 2 is 2.07 bits per heavy atom. The minimum atomic E-state index is -0.774. The average molecular weight is 408 g/mol. The quantitative estimate of drug-likeness (QED) is 0.563. The molecule has 0 bridgehead atoms. The standard InChI is InChI=1S/C23H24N2O5/c1-4-13-29-19-11-9-16(14-20(19)28-3)10-12-22(26)25-15-21(23(27)24-2)30-18-8-6-5-7-17(18)25/h4-12,14,21H,1,13,15H2,2-3H3,(H,24,27)/b12-10+/t21-/m0/s1. The van der Waals surface area contributed by atoms with Crippen molar-refractivity contribution < 1.29 is 23.8 Å². The minimum Gasteiger partial charge on any atom is -0.493 e. The van der Waals surface area contributed by atoms with E-state index in [1.807, 2.05) is 12.1 Å². The van der Waals surface area contributed by atoms with Crippen LogP contribution < -0.4 is 24.4 Å². The number of nitrogens with one attached hydrogen (secondary N) is 1. The largest absolute Gasteiger partial charge is 0.493 e. The number of hydrogen-bond acceptors (Lipinski definition) is 5. The van der Waals surface area contributed by atoms with Crippen molar-refractivity contribution in [2.75, 3.05) is 32.2 Å². The predicted octanol–water partition coefficient (Wildman–Crippen LogP) is 2.81. The molecule has 156 valence electrons. The van der Waals surface area contributed by atoms with E-state index < -0.39 is 6.10 Å². The Hall–Kier alpha value is -3.74. The van der Waals surface area contributed by atoms with E-state index in [0.29, 0.717) is 29.5 Å². The van der Waals surface area contributed by atoms with Gasteiger partial charge in [0.05, 0.1) is 19.3 Å². The highest BCUT2D eigenvalue weighted by atomic mass is 16.5. The second-order valence-electron chi connectivity index (χ2n) is 6.48. The third-order valence-electron chi connectivity index (χ3n) is 4.54. The highest BCUT2D eigenvalue weighted by Gasteiger charge is 2.32. The maximum Gasteiger partial charge on any atom is 0.262 e. The van der Waals surface area contributed by atoms with Crippen LogP contribution in [0.2, 0.25) is 0 Å². The van der Waals surface area contributed by atoms with Crippen LogP contribution in [0.4, 0.5) is 5.69 Å². The van der Waals surface area contributed by atoms with Gasteiger partial charge in [-0.3, -0.25) is 9.59 Å². The van der Waals surface area contributed by atoms with E-state index in [1.54, 1.807) is 49.6 Å². The van der Waals surface area contributed by atoms with Crippen LogP contribution in [0.15, 0.2) is 61.2 Å². The molecule has 1 aliphatic rings. The Kier molecular flexibility index (Phi) is 6.75. The van der Waals surface area contributed by atoms with E-state index in [2.05, 4.69) is 11.9 Å². The van der Waals surface area contributed by atoms with E-state index in [1.165, 1.54) is 18.0 Å². The molecular weight excluding hydrogens is 384 g/mol. The lowest BCUT2D eigenvalue weighted by Gasteiger charge is -2.33. The van der Waals surface area contributed by atoms with Crippen molar-refractivity contribution in [3.63, 3.8) is 0 Å². The summed E-state index contributed by atoms with van der Waals surface area (Å²) in [5.41, 5.74) is 1.40. The number of methoxy groups -OCH3 is 1. The maximum atomic E-state index is 12.9. The summed E-state index contributed by atoms with van der Waals surface area (Å²) in [7, 11) is 3.09. The van der Waals surface area contributed by atoms with Gasteiger partial charge < -0.3 is 24.4 Å². The molecule has 2 amide bonds. The smallest absolute Gasteiger partial charge is 0.262 e. The second-order valence-corrected chi connectivity index (χ2v) is 6.48. The highest BCUT2D eigenvalue weighted by Crippen LogP contribution is 2.33. The van der Waals surface area contributed by atoms with Crippen LogP contribution in [0.1, 0.15) is 5.56 Å². The number of para-hydroxylation sites is 2. The van der Waals surface area contributed by atoms with Crippen LogP contribution in [0.25, 0.3) is 6.08 Å². The second kappa shape index (κ2) is 9.65. The molecule has 0 radical (unpaired) electrons. The molecule has 0 spiro atoms. The lowest BCUT2D eigenvalue weighted by atomic mass is 10.1. The van der Waals surface area contributed by atoms with Crippen molar-refractivity contribution >= 4 is 23.6 Å². The Morgan fingerprint density at radius 1 is 1.27 bits per heavy atom. The van der Waals surface area contributed by atoms with Gasteiger partial charge in [0.1, 0.15) is 12.4 Å². The Morgan fingerprint density at radius 3 is 2.80 bits per heavy atom. The van der Waals surface area contributed by atoms with Crippen LogP contribution in [0, 0.1) is 0 Å². The fourth-order valence-electron chi connectivity index (χ4n) is 3.05. The van der Waals surface area contributed by atoms with Crippen LogP contribution in [0.5, 0.6) is 17.2 Å². The summed E-state index contributed by atoms with van der Waals surface area (Å²) >= 11 is 0. The minimum absolute atomic E-state index is 0.123. The molecule has 1 N–H and O–H groups in total. The zero-order chi connectivity index (χ0) is 21.5. The van der Waals surface area contributed by atoms with Gasteiger partial charge in [0.25, 0.3) is 11.8 Å². The Bertz CT molecular complexity index is 970. The average Bonchev–Trinajstić information content (AvgIpc) is 2.79. The molecule has 0 saturated heterocycles. The summed E-state index contributed by atoms with van der Waals surface area (Å²) in [6, 6.07) is 12.5. The molecule has 3 rings (SSSR count). The van der Waals surface area contributed by atoms with Gasteiger partial charge in [0.2, 0.25) is 0 Å². The molecule has 7 heteroatoms. The number of likely N-dealkylation sites (N-methyl/N-ethyl adjacent to an activating group) is 1. The monoisotopic (exact) mass is 408 g/mol. The Labute approximate surface area is 175 Å². The molecule has 0 unspecified atom stereocenters. The summed E-state index contributed by atoms with van der Waals surface area (Å²) in [6.45, 7) is 4.12. The van der Waals surface area contributed by atoms with Gasteiger partial charge in [-0.05, 0) is 35.9 Å². The number of carbonyl (C=O) groups is 2. The van der Waals surface area contributed by atoms with Crippen LogP contribution >= 0.6 is 0 Å². The third kappa shape index (κ3) is 4.63. The number of anilines is 1. The van der Waals surface area contributed by atoms with Gasteiger partial charge >= 0.3 is 0 Å². The molecule has 0 aliphatic carbocycles. The van der Waals surface area contributed by atoms with Crippen LogP contribution in [0.3, 0.4) is 0 Å². The first kappa shape index (κ1) is 21.0. The van der Waals surface area contributed by atoms with Crippen LogP contribution in [-0.4, -0.2) is 45.2 Å². The summed E-state index contributed by atoms with van der Waals surface area (Å²) < 4.78 is 16.6. The van der Waals surface area contributed by atoms with Crippen LogP contribution in [-0.2, 0) is 9.59 Å². The van der Waals surface area contributed by atoms with Gasteiger partial charge in [0.15, 0.2) is 17.6 Å². The van der Waals surface area contributed by atoms with Crippen molar-refractivity contribution in [1.29, 1.82) is 0 Å². The Balaban J connectivity index is 1.81. The first-order valence-electron chi connectivity index (χ1n) is 9.46. The zero-order valence-corrected chi connectivity index (χ0v) is 17.0. The topological polar surface area (TPSA) is 77.1 Å². The normalized spacial score (nSPS) is 15.1. The van der Waals surface area contributed by atoms with Crippen molar-refractivity contribution in [2.24, 2.45) is 0 Å². The van der Waals surface area contributed by atoms with Crippen molar-refractivity contribution in [3.8, 4) is 17.2 Å². The summed E-state index contributed by atoms with van der Waals surface area (Å²) in [6.07, 6.45) is 4.03. The number of fused-ring (bicyclic) bond motifs is 1. The highest BCUT2D eigenvalue weighted by molar-refractivity contribution is 6.05. The summed E-state index contributed by atoms with van der Waals surface area (Å²) in [4.78, 5) is 26.6. The first-order chi connectivity index (χ1) is 14.6. The fourth-order valence-corrected chi connectivity index (χ4v) is 3.05. The molecule has 0 fully saturated rings. The molecule has 1 heterocycles. The lowest BCUT2D eigenvalue weighted by molar-refractivity contribution is -0.127. The number of ether oxygens (including phenoxy) is 3. The molecule has 0 aromatic heterocycles. The SMILES string of the molecule is C=CCOc1ccc(/C=C/C(=O)N2C[C@@H](C(=O)NC)Oc3ccccc32)cc1OC. The lowest BCUT2D eigenvalue weighted by Crippen LogP contribution is -2.49. The molecule has 2 aromatic rings. The van der Waals surface area contributed by atoms with E-state index in [-0.39, 0.29) is 18.4 Å². The predicted molar refractivity (Wildman–Crippen MR) is 115 cm³/mol. The van der Waals surface area contributed by atoms with Gasteiger partial charge in [-0.1, -0.05) is 30.9 Å². The van der Waals surface area contributed by atoms with Crippen molar-refractivity contribution in [3.05, 3.63) is 66.8 Å². The molecule has 1 aliphatic heterocycles. The number of benzene rings is 2. The van der Waals surface area contributed by atoms with Gasteiger partial charge in [0, 0.05) is 13.1 Å². The van der Waals surface area contributed by atoms with Crippen molar-refractivity contribution in [2.45, 2.75) is 6.10 Å². The number of amides is 2. The molecule has 30 heavy (non-hydrogen) atoms. The summed E-state index contributed by atoms with van der Waals surface area (Å²) in [5.74, 6) is 1.10. The van der Waals surface area contributed by atoms with E-state index in [9.17, 15) is 9.59 Å². The fraction of sp³-hybridized carbons (Fsp3) is 0.217. The first-order valence-corrected chi connectivity index (χ1v) is 9.46. The molecular formula is C23H24N2O5. The van der Waals surface area contributed by atoms with Gasteiger partial charge in [-0.15, -0.1) is 0 Å². The third-order valence-corrected chi connectivity index (χ3v) is 4.54. The van der Waals surface area contributed by atoms with Gasteiger partial charge in [-0.2, -0.15) is 0 Å².